The van der Waals surface area contributed by atoms with Gasteiger partial charge in [0.15, 0.2) is 0 Å². The van der Waals surface area contributed by atoms with E-state index < -0.39 is 0 Å². The predicted octanol–water partition coefficient (Wildman–Crippen LogP) is 4.54. The number of hydrogen-bond acceptors (Lipinski definition) is 2. The first-order chi connectivity index (χ1) is 10.3. The molecule has 1 unspecified atom stereocenters. The lowest BCUT2D eigenvalue weighted by Gasteiger charge is -2.13. The number of furan rings is 1. The second-order valence-corrected chi connectivity index (χ2v) is 5.56. The number of para-hydroxylation sites is 1. The zero-order valence-electron chi connectivity index (χ0n) is 12.4. The van der Waals surface area contributed by atoms with Crippen LogP contribution in [0.2, 0.25) is 0 Å². The smallest absolute Gasteiger partial charge is 0.134 e. The van der Waals surface area contributed by atoms with Crippen molar-refractivity contribution in [3.8, 4) is 0 Å². The zero-order chi connectivity index (χ0) is 14.5. The molecule has 1 N–H and O–H groups in total. The number of benzene rings is 2. The van der Waals surface area contributed by atoms with Gasteiger partial charge in [-0.15, -0.1) is 0 Å². The molecule has 0 saturated carbocycles. The summed E-state index contributed by atoms with van der Waals surface area (Å²) in [6.45, 7) is 3.10. The van der Waals surface area contributed by atoms with Crippen LogP contribution in [0, 0.1) is 0 Å². The molecule has 1 aromatic heterocycles. The Morgan fingerprint density at radius 3 is 2.62 bits per heavy atom. The first kappa shape index (κ1) is 13.9. The average Bonchev–Trinajstić information content (AvgIpc) is 2.95. The van der Waals surface area contributed by atoms with E-state index in [9.17, 15) is 0 Å². The molecule has 0 amide bonds. The summed E-state index contributed by atoms with van der Waals surface area (Å²) in [5.41, 5.74) is 3.60. The van der Waals surface area contributed by atoms with Crippen LogP contribution in [0.5, 0.6) is 0 Å². The molecule has 21 heavy (non-hydrogen) atoms. The Morgan fingerprint density at radius 1 is 1.00 bits per heavy atom. The topological polar surface area (TPSA) is 25.2 Å². The van der Waals surface area contributed by atoms with E-state index in [0.717, 1.165) is 25.0 Å². The Kier molecular flexibility index (Phi) is 4.37. The Bertz CT molecular complexity index is 687. The minimum absolute atomic E-state index is 0.485. The fraction of sp³-hybridized carbons (Fsp3) is 0.263. The predicted molar refractivity (Wildman–Crippen MR) is 87.3 cm³/mol. The number of rotatable bonds is 6. The molecule has 0 saturated heterocycles. The standard InChI is InChI=1S/C19H21NO/c1-15(11-12-16-7-3-2-4-8-16)20-13-17-14-21-19-10-6-5-9-18(17)19/h2-10,14-15,20H,11-13H2,1H3. The summed E-state index contributed by atoms with van der Waals surface area (Å²) in [6, 6.07) is 19.3. The number of nitrogens with one attached hydrogen (secondary N) is 1. The van der Waals surface area contributed by atoms with E-state index in [1.165, 1.54) is 16.5 Å². The number of aryl methyl sites for hydroxylation is 1. The lowest BCUT2D eigenvalue weighted by Crippen LogP contribution is -2.25. The van der Waals surface area contributed by atoms with Gasteiger partial charge >= 0.3 is 0 Å². The maximum atomic E-state index is 5.57. The highest BCUT2D eigenvalue weighted by Gasteiger charge is 2.07. The zero-order valence-corrected chi connectivity index (χ0v) is 12.4. The van der Waals surface area contributed by atoms with Crippen molar-refractivity contribution in [2.45, 2.75) is 32.4 Å². The van der Waals surface area contributed by atoms with Crippen LogP contribution in [0.4, 0.5) is 0 Å². The highest BCUT2D eigenvalue weighted by molar-refractivity contribution is 5.80. The van der Waals surface area contributed by atoms with Crippen LogP contribution in [0.15, 0.2) is 65.3 Å². The van der Waals surface area contributed by atoms with Crippen LogP contribution >= 0.6 is 0 Å². The van der Waals surface area contributed by atoms with Gasteiger partial charge in [-0.1, -0.05) is 48.5 Å². The summed E-state index contributed by atoms with van der Waals surface area (Å²) in [5.74, 6) is 0. The van der Waals surface area contributed by atoms with Crippen molar-refractivity contribution in [2.75, 3.05) is 0 Å². The van der Waals surface area contributed by atoms with Gasteiger partial charge in [0.05, 0.1) is 6.26 Å². The van der Waals surface area contributed by atoms with Gasteiger partial charge in [0.2, 0.25) is 0 Å². The first-order valence-electron chi connectivity index (χ1n) is 7.55. The number of hydrogen-bond donors (Lipinski definition) is 1. The van der Waals surface area contributed by atoms with E-state index in [2.05, 4.69) is 54.7 Å². The van der Waals surface area contributed by atoms with Crippen molar-refractivity contribution in [3.05, 3.63) is 72.0 Å². The molecule has 1 heterocycles. The molecule has 3 rings (SSSR count). The van der Waals surface area contributed by atoms with Gasteiger partial charge in [-0.3, -0.25) is 0 Å². The van der Waals surface area contributed by atoms with E-state index in [4.69, 9.17) is 4.42 Å². The lowest BCUT2D eigenvalue weighted by molar-refractivity contribution is 0.511. The Labute approximate surface area is 125 Å². The molecule has 108 valence electrons. The molecule has 0 radical (unpaired) electrons. The van der Waals surface area contributed by atoms with Gasteiger partial charge in [0, 0.05) is 23.5 Å². The number of fused-ring (bicyclic) bond motifs is 1. The lowest BCUT2D eigenvalue weighted by atomic mass is 10.1. The molecule has 1 atom stereocenters. The highest BCUT2D eigenvalue weighted by atomic mass is 16.3. The molecule has 2 aromatic carbocycles. The van der Waals surface area contributed by atoms with Crippen LogP contribution in [-0.4, -0.2) is 6.04 Å². The molecular weight excluding hydrogens is 258 g/mol. The summed E-state index contributed by atoms with van der Waals surface area (Å²) < 4.78 is 5.57. The van der Waals surface area contributed by atoms with Crippen molar-refractivity contribution < 1.29 is 4.42 Å². The van der Waals surface area contributed by atoms with Crippen molar-refractivity contribution in [1.29, 1.82) is 0 Å². The van der Waals surface area contributed by atoms with Crippen molar-refractivity contribution in [2.24, 2.45) is 0 Å². The second kappa shape index (κ2) is 6.59. The van der Waals surface area contributed by atoms with E-state index in [1.807, 2.05) is 18.4 Å². The molecule has 2 heteroatoms. The minimum Gasteiger partial charge on any atom is -0.464 e. The minimum atomic E-state index is 0.485. The maximum absolute atomic E-state index is 5.57. The summed E-state index contributed by atoms with van der Waals surface area (Å²) in [7, 11) is 0. The monoisotopic (exact) mass is 279 g/mol. The summed E-state index contributed by atoms with van der Waals surface area (Å²) in [6.07, 6.45) is 4.11. The van der Waals surface area contributed by atoms with Gasteiger partial charge in [-0.05, 0) is 31.4 Å². The summed E-state index contributed by atoms with van der Waals surface area (Å²) in [4.78, 5) is 0. The van der Waals surface area contributed by atoms with E-state index in [0.29, 0.717) is 6.04 Å². The Balaban J connectivity index is 1.53. The summed E-state index contributed by atoms with van der Waals surface area (Å²) in [5, 5.41) is 4.80. The molecular formula is C19H21NO. The van der Waals surface area contributed by atoms with Crippen LogP contribution in [-0.2, 0) is 13.0 Å². The molecule has 0 spiro atoms. The van der Waals surface area contributed by atoms with Crippen molar-refractivity contribution >= 4 is 11.0 Å². The van der Waals surface area contributed by atoms with E-state index in [-0.39, 0.29) is 0 Å². The SMILES string of the molecule is CC(CCc1ccccc1)NCc1coc2ccccc12. The molecule has 0 aliphatic carbocycles. The van der Waals surface area contributed by atoms with Gasteiger partial charge in [-0.25, -0.2) is 0 Å². The molecule has 0 bridgehead atoms. The largest absolute Gasteiger partial charge is 0.464 e. The van der Waals surface area contributed by atoms with Crippen LogP contribution in [0.25, 0.3) is 11.0 Å². The highest BCUT2D eigenvalue weighted by Crippen LogP contribution is 2.20. The fourth-order valence-corrected chi connectivity index (χ4v) is 2.58. The van der Waals surface area contributed by atoms with Gasteiger partial charge in [0.1, 0.15) is 5.58 Å². The third-order valence-corrected chi connectivity index (χ3v) is 3.91. The second-order valence-electron chi connectivity index (χ2n) is 5.56. The fourth-order valence-electron chi connectivity index (χ4n) is 2.58. The van der Waals surface area contributed by atoms with Crippen molar-refractivity contribution in [3.63, 3.8) is 0 Å². The molecule has 3 aromatic rings. The molecule has 2 nitrogen and oxygen atoms in total. The van der Waals surface area contributed by atoms with E-state index >= 15 is 0 Å². The van der Waals surface area contributed by atoms with Crippen LogP contribution in [0.3, 0.4) is 0 Å². The maximum Gasteiger partial charge on any atom is 0.134 e. The summed E-state index contributed by atoms with van der Waals surface area (Å²) >= 11 is 0. The third-order valence-electron chi connectivity index (χ3n) is 3.91. The van der Waals surface area contributed by atoms with Crippen molar-refractivity contribution in [1.82, 2.24) is 5.32 Å². The first-order valence-corrected chi connectivity index (χ1v) is 7.55. The Morgan fingerprint density at radius 2 is 1.76 bits per heavy atom. The molecule has 0 aliphatic rings. The normalized spacial score (nSPS) is 12.6. The van der Waals surface area contributed by atoms with E-state index in [1.54, 1.807) is 0 Å². The third kappa shape index (κ3) is 3.53. The van der Waals surface area contributed by atoms with Crippen LogP contribution < -0.4 is 5.32 Å². The van der Waals surface area contributed by atoms with Gasteiger partial charge < -0.3 is 9.73 Å². The van der Waals surface area contributed by atoms with Gasteiger partial charge in [-0.2, -0.15) is 0 Å². The van der Waals surface area contributed by atoms with Gasteiger partial charge in [0.25, 0.3) is 0 Å². The molecule has 0 fully saturated rings. The Hall–Kier alpha value is -2.06. The average molecular weight is 279 g/mol. The van der Waals surface area contributed by atoms with Crippen LogP contribution in [0.1, 0.15) is 24.5 Å². The molecule has 0 aliphatic heterocycles. The quantitative estimate of drug-likeness (QED) is 0.716.